The molecule has 2 aromatic rings. The summed E-state index contributed by atoms with van der Waals surface area (Å²) < 4.78 is 2.17. The molecule has 1 heterocycles. The molecule has 0 bridgehead atoms. The van der Waals surface area contributed by atoms with Crippen molar-refractivity contribution < 1.29 is 9.90 Å². The molecule has 6 heteroatoms. The summed E-state index contributed by atoms with van der Waals surface area (Å²) in [4.78, 5) is 22.3. The van der Waals surface area contributed by atoms with Crippen LogP contribution >= 0.6 is 15.9 Å². The zero-order valence-corrected chi connectivity index (χ0v) is 10.3. The van der Waals surface area contributed by atoms with Crippen molar-refractivity contribution in [3.63, 3.8) is 0 Å². The van der Waals surface area contributed by atoms with Crippen molar-refractivity contribution >= 4 is 21.9 Å². The van der Waals surface area contributed by atoms with E-state index in [1.807, 2.05) is 24.3 Å². The van der Waals surface area contributed by atoms with Crippen LogP contribution in [0.2, 0.25) is 0 Å². The molecule has 0 spiro atoms. The Kier molecular flexibility index (Phi) is 3.14. The standard InChI is InChI=1S/C11H9BrN2O3/c12-8-3-1-2-7(4-8)6-14-10(15)9(5-13-14)11(16)17/h1-5,13H,6H2,(H,16,17). The van der Waals surface area contributed by atoms with E-state index >= 15 is 0 Å². The Morgan fingerprint density at radius 3 is 2.82 bits per heavy atom. The van der Waals surface area contributed by atoms with Gasteiger partial charge in [0, 0.05) is 10.7 Å². The number of carboxylic acids is 1. The quantitative estimate of drug-likeness (QED) is 0.905. The highest BCUT2D eigenvalue weighted by Crippen LogP contribution is 2.11. The van der Waals surface area contributed by atoms with Crippen molar-refractivity contribution in [2.45, 2.75) is 6.54 Å². The fourth-order valence-electron chi connectivity index (χ4n) is 1.50. The number of nitrogens with zero attached hydrogens (tertiary/aromatic N) is 1. The number of aromatic amines is 1. The molecule has 0 saturated carbocycles. The van der Waals surface area contributed by atoms with Crippen LogP contribution in [0.4, 0.5) is 0 Å². The van der Waals surface area contributed by atoms with Gasteiger partial charge in [-0.25, -0.2) is 9.48 Å². The summed E-state index contributed by atoms with van der Waals surface area (Å²) in [5, 5.41) is 11.4. The molecule has 2 N–H and O–H groups in total. The van der Waals surface area contributed by atoms with E-state index in [9.17, 15) is 9.59 Å². The highest BCUT2D eigenvalue weighted by Gasteiger charge is 2.12. The molecular weight excluding hydrogens is 288 g/mol. The Bertz CT molecular complexity index is 615. The third-order valence-corrected chi connectivity index (χ3v) is 2.79. The van der Waals surface area contributed by atoms with Crippen LogP contribution in [0.1, 0.15) is 15.9 Å². The van der Waals surface area contributed by atoms with Gasteiger partial charge in [-0.3, -0.25) is 4.79 Å². The summed E-state index contributed by atoms with van der Waals surface area (Å²) in [6.07, 6.45) is 1.20. The van der Waals surface area contributed by atoms with Crippen molar-refractivity contribution in [2.24, 2.45) is 0 Å². The molecule has 2 rings (SSSR count). The van der Waals surface area contributed by atoms with Crippen LogP contribution in [-0.2, 0) is 6.54 Å². The van der Waals surface area contributed by atoms with Crippen LogP contribution in [0.3, 0.4) is 0 Å². The normalized spacial score (nSPS) is 10.4. The largest absolute Gasteiger partial charge is 0.477 e. The SMILES string of the molecule is O=C(O)c1c[nH]n(Cc2cccc(Br)c2)c1=O. The summed E-state index contributed by atoms with van der Waals surface area (Å²) in [5.41, 5.74) is 0.123. The summed E-state index contributed by atoms with van der Waals surface area (Å²) in [6.45, 7) is 0.311. The molecular formula is C11H9BrN2O3. The van der Waals surface area contributed by atoms with Crippen LogP contribution in [0, 0.1) is 0 Å². The van der Waals surface area contributed by atoms with E-state index in [0.717, 1.165) is 10.0 Å². The maximum absolute atomic E-state index is 11.6. The molecule has 0 aliphatic rings. The zero-order valence-electron chi connectivity index (χ0n) is 8.68. The number of carbonyl (C=O) groups is 1. The maximum atomic E-state index is 11.6. The minimum atomic E-state index is -1.22. The van der Waals surface area contributed by atoms with Gasteiger partial charge in [-0.2, -0.15) is 0 Å². The summed E-state index contributed by atoms with van der Waals surface area (Å²) in [7, 11) is 0. The lowest BCUT2D eigenvalue weighted by atomic mass is 10.2. The lowest BCUT2D eigenvalue weighted by Crippen LogP contribution is -2.21. The molecule has 0 radical (unpaired) electrons. The second kappa shape index (κ2) is 4.58. The van der Waals surface area contributed by atoms with Gasteiger partial charge in [0.2, 0.25) is 0 Å². The van der Waals surface area contributed by atoms with E-state index in [1.165, 1.54) is 10.9 Å². The van der Waals surface area contributed by atoms with Crippen LogP contribution in [0.25, 0.3) is 0 Å². The molecule has 0 aliphatic heterocycles. The second-order valence-electron chi connectivity index (χ2n) is 3.51. The zero-order chi connectivity index (χ0) is 12.4. The molecule has 0 saturated heterocycles. The fourth-order valence-corrected chi connectivity index (χ4v) is 1.94. The molecule has 0 aliphatic carbocycles. The van der Waals surface area contributed by atoms with Crippen molar-refractivity contribution in [1.29, 1.82) is 0 Å². The Morgan fingerprint density at radius 1 is 1.47 bits per heavy atom. The summed E-state index contributed by atoms with van der Waals surface area (Å²) in [5.74, 6) is -1.22. The van der Waals surface area contributed by atoms with Crippen molar-refractivity contribution in [1.82, 2.24) is 9.78 Å². The van der Waals surface area contributed by atoms with E-state index in [2.05, 4.69) is 21.0 Å². The van der Waals surface area contributed by atoms with E-state index in [1.54, 1.807) is 0 Å². The monoisotopic (exact) mass is 296 g/mol. The first-order valence-electron chi connectivity index (χ1n) is 4.84. The average Bonchev–Trinajstić information content (AvgIpc) is 2.61. The van der Waals surface area contributed by atoms with Crippen LogP contribution in [0.15, 0.2) is 39.7 Å². The number of benzene rings is 1. The summed E-state index contributed by atoms with van der Waals surface area (Å²) >= 11 is 3.33. The van der Waals surface area contributed by atoms with Crippen LogP contribution in [0.5, 0.6) is 0 Å². The first-order chi connectivity index (χ1) is 8.08. The van der Waals surface area contributed by atoms with E-state index < -0.39 is 11.5 Å². The van der Waals surface area contributed by atoms with Gasteiger partial charge < -0.3 is 10.2 Å². The maximum Gasteiger partial charge on any atom is 0.342 e. The van der Waals surface area contributed by atoms with Gasteiger partial charge >= 0.3 is 5.97 Å². The predicted octanol–water partition coefficient (Wildman–Crippen LogP) is 1.69. The number of aromatic carboxylic acids is 1. The van der Waals surface area contributed by atoms with Gasteiger partial charge in [-0.15, -0.1) is 0 Å². The highest BCUT2D eigenvalue weighted by atomic mass is 79.9. The predicted molar refractivity (Wildman–Crippen MR) is 65.3 cm³/mol. The molecule has 17 heavy (non-hydrogen) atoms. The first kappa shape index (κ1) is 11.7. The molecule has 0 fully saturated rings. The number of aromatic nitrogens is 2. The van der Waals surface area contributed by atoms with Gasteiger partial charge in [-0.05, 0) is 17.7 Å². The highest BCUT2D eigenvalue weighted by molar-refractivity contribution is 9.10. The van der Waals surface area contributed by atoms with Gasteiger partial charge in [0.05, 0.1) is 6.54 Å². The van der Waals surface area contributed by atoms with Gasteiger partial charge in [-0.1, -0.05) is 28.1 Å². The molecule has 1 aromatic heterocycles. The average molecular weight is 297 g/mol. The van der Waals surface area contributed by atoms with Gasteiger partial charge in [0.15, 0.2) is 0 Å². The minimum Gasteiger partial charge on any atom is -0.477 e. The van der Waals surface area contributed by atoms with E-state index in [4.69, 9.17) is 5.11 Å². The van der Waals surface area contributed by atoms with E-state index in [0.29, 0.717) is 6.54 Å². The van der Waals surface area contributed by atoms with Gasteiger partial charge in [0.25, 0.3) is 5.56 Å². The lowest BCUT2D eigenvalue weighted by molar-refractivity contribution is 0.0695. The Hall–Kier alpha value is -1.82. The van der Waals surface area contributed by atoms with Crippen LogP contribution in [-0.4, -0.2) is 20.9 Å². The Labute approximate surface area is 105 Å². The summed E-state index contributed by atoms with van der Waals surface area (Å²) in [6, 6.07) is 7.46. The third-order valence-electron chi connectivity index (χ3n) is 2.30. The molecule has 0 amide bonds. The van der Waals surface area contributed by atoms with Gasteiger partial charge in [0.1, 0.15) is 5.56 Å². The van der Waals surface area contributed by atoms with Crippen molar-refractivity contribution in [3.8, 4) is 0 Å². The Balaban J connectivity index is 2.31. The smallest absolute Gasteiger partial charge is 0.342 e. The van der Waals surface area contributed by atoms with Crippen molar-refractivity contribution in [2.75, 3.05) is 0 Å². The Morgan fingerprint density at radius 2 is 2.24 bits per heavy atom. The number of halogens is 1. The van der Waals surface area contributed by atoms with Crippen LogP contribution < -0.4 is 5.56 Å². The third kappa shape index (κ3) is 2.47. The topological polar surface area (TPSA) is 75.1 Å². The second-order valence-corrected chi connectivity index (χ2v) is 4.43. The molecule has 88 valence electrons. The van der Waals surface area contributed by atoms with E-state index in [-0.39, 0.29) is 5.56 Å². The number of hydrogen-bond donors (Lipinski definition) is 2. The number of carboxylic acid groups (broad SMARTS) is 1. The minimum absolute atomic E-state index is 0.250. The number of rotatable bonds is 3. The van der Waals surface area contributed by atoms with Crippen molar-refractivity contribution in [3.05, 3.63) is 56.4 Å². The number of H-pyrrole nitrogens is 1. The number of nitrogens with one attached hydrogen (secondary N) is 1. The molecule has 5 nitrogen and oxygen atoms in total. The molecule has 0 atom stereocenters. The number of hydrogen-bond acceptors (Lipinski definition) is 2. The first-order valence-corrected chi connectivity index (χ1v) is 5.63. The lowest BCUT2D eigenvalue weighted by Gasteiger charge is -2.02. The fraction of sp³-hybridized carbons (Fsp3) is 0.0909. The molecule has 1 aromatic carbocycles. The molecule has 0 unspecified atom stereocenters.